The molecule has 1 N–H and O–H groups in total. The first-order valence-corrected chi connectivity index (χ1v) is 8.37. The van der Waals surface area contributed by atoms with E-state index in [1.54, 1.807) is 31.2 Å². The molecule has 1 aliphatic heterocycles. The summed E-state index contributed by atoms with van der Waals surface area (Å²) >= 11 is 5.89. The molecule has 0 aliphatic carbocycles. The number of carbonyl (C=O) groups excluding carboxylic acids is 2. The molecule has 1 atom stereocenters. The highest BCUT2D eigenvalue weighted by atomic mass is 35.5. The lowest BCUT2D eigenvalue weighted by Crippen LogP contribution is -2.41. The number of hydrogen-bond acceptors (Lipinski definition) is 3. The van der Waals surface area contributed by atoms with Crippen molar-refractivity contribution in [2.45, 2.75) is 19.4 Å². The fourth-order valence-electron chi connectivity index (χ4n) is 2.77. The van der Waals surface area contributed by atoms with Gasteiger partial charge in [0.05, 0.1) is 6.54 Å². The second kappa shape index (κ2) is 6.76. The van der Waals surface area contributed by atoms with Crippen molar-refractivity contribution in [3.8, 4) is 5.75 Å². The number of aryl methyl sites for hydroxylation is 1. The Kier molecular flexibility index (Phi) is 4.68. The van der Waals surface area contributed by atoms with Gasteiger partial charge in [-0.25, -0.2) is 4.79 Å². The lowest BCUT2D eigenvalue weighted by molar-refractivity contribution is -0.131. The van der Waals surface area contributed by atoms with Crippen LogP contribution in [0.2, 0.25) is 5.02 Å². The van der Waals surface area contributed by atoms with Crippen molar-refractivity contribution in [2.24, 2.45) is 0 Å². The average Bonchev–Trinajstić information content (AvgIpc) is 2.81. The standard InChI is InChI=1S/C19H19ClN2O3/c1-13-3-9-16(10-4-13)25-12-11-22-17(23)19(2,21-18(22)24)14-5-7-15(20)8-6-14/h3-10H,11-12H2,1-2H3,(H,21,24)/t19-/m0/s1. The number of nitrogens with one attached hydrogen (secondary N) is 1. The Labute approximate surface area is 151 Å². The predicted molar refractivity (Wildman–Crippen MR) is 95.7 cm³/mol. The first-order chi connectivity index (χ1) is 11.9. The molecule has 0 aromatic heterocycles. The van der Waals surface area contributed by atoms with Gasteiger partial charge in [-0.1, -0.05) is 41.4 Å². The zero-order valence-corrected chi connectivity index (χ0v) is 14.8. The predicted octanol–water partition coefficient (Wildman–Crippen LogP) is 3.49. The summed E-state index contributed by atoms with van der Waals surface area (Å²) in [5.41, 5.74) is 0.739. The Balaban J connectivity index is 1.66. The van der Waals surface area contributed by atoms with E-state index in [2.05, 4.69) is 5.32 Å². The van der Waals surface area contributed by atoms with Gasteiger partial charge in [0.15, 0.2) is 0 Å². The third-order valence-electron chi connectivity index (χ3n) is 4.30. The smallest absolute Gasteiger partial charge is 0.325 e. The number of ether oxygens (including phenoxy) is 1. The summed E-state index contributed by atoms with van der Waals surface area (Å²) in [6.07, 6.45) is 0. The van der Waals surface area contributed by atoms with Gasteiger partial charge >= 0.3 is 6.03 Å². The summed E-state index contributed by atoms with van der Waals surface area (Å²) in [6, 6.07) is 14.1. The van der Waals surface area contributed by atoms with Gasteiger partial charge in [-0.15, -0.1) is 0 Å². The molecule has 5 nitrogen and oxygen atoms in total. The largest absolute Gasteiger partial charge is 0.492 e. The summed E-state index contributed by atoms with van der Waals surface area (Å²) in [5, 5.41) is 3.34. The van der Waals surface area contributed by atoms with Crippen molar-refractivity contribution >= 4 is 23.5 Å². The van der Waals surface area contributed by atoms with E-state index in [1.165, 1.54) is 4.90 Å². The first kappa shape index (κ1) is 17.3. The molecule has 2 aromatic carbocycles. The molecule has 0 bridgehead atoms. The van der Waals surface area contributed by atoms with Crippen molar-refractivity contribution in [3.63, 3.8) is 0 Å². The van der Waals surface area contributed by atoms with Gasteiger partial charge in [0.1, 0.15) is 17.9 Å². The van der Waals surface area contributed by atoms with Crippen LogP contribution >= 0.6 is 11.6 Å². The van der Waals surface area contributed by atoms with Crippen LogP contribution in [0.1, 0.15) is 18.1 Å². The summed E-state index contributed by atoms with van der Waals surface area (Å²) in [6.45, 7) is 4.10. The van der Waals surface area contributed by atoms with Crippen LogP contribution < -0.4 is 10.1 Å². The van der Waals surface area contributed by atoms with Gasteiger partial charge in [-0.3, -0.25) is 9.69 Å². The summed E-state index contributed by atoms with van der Waals surface area (Å²) in [4.78, 5) is 26.2. The van der Waals surface area contributed by atoms with E-state index < -0.39 is 11.6 Å². The number of rotatable bonds is 5. The number of hydrogen-bond donors (Lipinski definition) is 1. The van der Waals surface area contributed by atoms with Gasteiger partial charge in [0.25, 0.3) is 5.91 Å². The van der Waals surface area contributed by atoms with Crippen LogP contribution in [0.15, 0.2) is 48.5 Å². The number of nitrogens with zero attached hydrogens (tertiary/aromatic N) is 1. The third kappa shape index (κ3) is 3.46. The van der Waals surface area contributed by atoms with Gasteiger partial charge in [0.2, 0.25) is 0 Å². The van der Waals surface area contributed by atoms with Crippen molar-refractivity contribution in [1.82, 2.24) is 10.2 Å². The SMILES string of the molecule is Cc1ccc(OCCN2C(=O)N[C@@](C)(c3ccc(Cl)cc3)C2=O)cc1. The van der Waals surface area contributed by atoms with Crippen LogP contribution in [0.25, 0.3) is 0 Å². The highest BCUT2D eigenvalue weighted by molar-refractivity contribution is 6.30. The molecular weight excluding hydrogens is 340 g/mol. The molecule has 0 saturated carbocycles. The minimum Gasteiger partial charge on any atom is -0.492 e. The Morgan fingerprint density at radius 1 is 1.08 bits per heavy atom. The molecular formula is C19H19ClN2O3. The normalized spacial score (nSPS) is 19.9. The third-order valence-corrected chi connectivity index (χ3v) is 4.55. The number of imide groups is 1. The molecule has 1 fully saturated rings. The molecule has 1 aliphatic rings. The summed E-state index contributed by atoms with van der Waals surface area (Å²) in [7, 11) is 0. The molecule has 2 aromatic rings. The number of halogens is 1. The minimum absolute atomic E-state index is 0.182. The highest BCUT2D eigenvalue weighted by Crippen LogP contribution is 2.29. The van der Waals surface area contributed by atoms with E-state index in [-0.39, 0.29) is 19.1 Å². The molecule has 25 heavy (non-hydrogen) atoms. The average molecular weight is 359 g/mol. The second-order valence-corrected chi connectivity index (χ2v) is 6.62. The zero-order chi connectivity index (χ0) is 18.0. The summed E-state index contributed by atoms with van der Waals surface area (Å²) in [5.74, 6) is 0.408. The molecule has 3 amide bonds. The molecule has 0 unspecified atom stereocenters. The van der Waals surface area contributed by atoms with Crippen LogP contribution in [-0.2, 0) is 10.3 Å². The van der Waals surface area contributed by atoms with Gasteiger partial charge in [-0.2, -0.15) is 0 Å². The fourth-order valence-corrected chi connectivity index (χ4v) is 2.89. The van der Waals surface area contributed by atoms with E-state index in [9.17, 15) is 9.59 Å². The topological polar surface area (TPSA) is 58.6 Å². The Bertz CT molecular complexity index is 789. The lowest BCUT2D eigenvalue weighted by atomic mass is 9.92. The van der Waals surface area contributed by atoms with Crippen LogP contribution in [0, 0.1) is 6.92 Å². The van der Waals surface area contributed by atoms with E-state index in [0.717, 1.165) is 5.56 Å². The van der Waals surface area contributed by atoms with Gasteiger partial charge < -0.3 is 10.1 Å². The number of benzene rings is 2. The molecule has 0 spiro atoms. The minimum atomic E-state index is -1.09. The second-order valence-electron chi connectivity index (χ2n) is 6.18. The monoisotopic (exact) mass is 358 g/mol. The molecule has 3 rings (SSSR count). The quantitative estimate of drug-likeness (QED) is 0.832. The summed E-state index contributed by atoms with van der Waals surface area (Å²) < 4.78 is 5.62. The number of carbonyl (C=O) groups is 2. The molecule has 130 valence electrons. The van der Waals surface area contributed by atoms with Crippen LogP contribution in [0.5, 0.6) is 5.75 Å². The Morgan fingerprint density at radius 3 is 2.36 bits per heavy atom. The van der Waals surface area contributed by atoms with E-state index in [1.807, 2.05) is 31.2 Å². The molecule has 6 heteroatoms. The van der Waals surface area contributed by atoms with Gasteiger partial charge in [-0.05, 0) is 43.7 Å². The van der Waals surface area contributed by atoms with Crippen LogP contribution in [0.3, 0.4) is 0 Å². The van der Waals surface area contributed by atoms with Crippen molar-refractivity contribution < 1.29 is 14.3 Å². The van der Waals surface area contributed by atoms with Crippen LogP contribution in [0.4, 0.5) is 4.79 Å². The van der Waals surface area contributed by atoms with E-state index >= 15 is 0 Å². The maximum atomic E-state index is 12.8. The van der Waals surface area contributed by atoms with Crippen molar-refractivity contribution in [2.75, 3.05) is 13.2 Å². The van der Waals surface area contributed by atoms with Gasteiger partial charge in [0, 0.05) is 5.02 Å². The fraction of sp³-hybridized carbons (Fsp3) is 0.263. The number of urea groups is 1. The Morgan fingerprint density at radius 2 is 1.72 bits per heavy atom. The lowest BCUT2D eigenvalue weighted by Gasteiger charge is -2.22. The molecule has 1 saturated heterocycles. The van der Waals surface area contributed by atoms with E-state index in [4.69, 9.17) is 16.3 Å². The Hall–Kier alpha value is -2.53. The van der Waals surface area contributed by atoms with Crippen LogP contribution in [-0.4, -0.2) is 30.0 Å². The number of amides is 3. The molecule has 0 radical (unpaired) electrons. The maximum absolute atomic E-state index is 12.8. The molecule has 1 heterocycles. The zero-order valence-electron chi connectivity index (χ0n) is 14.1. The van der Waals surface area contributed by atoms with Crippen molar-refractivity contribution in [1.29, 1.82) is 0 Å². The highest BCUT2D eigenvalue weighted by Gasteiger charge is 2.48. The maximum Gasteiger partial charge on any atom is 0.325 e. The van der Waals surface area contributed by atoms with Crippen molar-refractivity contribution in [3.05, 3.63) is 64.7 Å². The van der Waals surface area contributed by atoms with E-state index in [0.29, 0.717) is 16.3 Å². The first-order valence-electron chi connectivity index (χ1n) is 8.00.